The van der Waals surface area contributed by atoms with Gasteiger partial charge in [0.25, 0.3) is 6.43 Å². The highest BCUT2D eigenvalue weighted by atomic mass is 79.9. The number of amides is 1. The number of benzene rings is 1. The van der Waals surface area contributed by atoms with Gasteiger partial charge in [-0.3, -0.25) is 4.79 Å². The zero-order valence-electron chi connectivity index (χ0n) is 11.5. The highest BCUT2D eigenvalue weighted by Gasteiger charge is 2.15. The molecule has 2 aromatic rings. The Hall–Kier alpha value is -1.61. The molecule has 0 atom stereocenters. The first-order valence-corrected chi connectivity index (χ1v) is 7.84. The number of hydrogen-bond donors (Lipinski definition) is 1. The van der Waals surface area contributed by atoms with Crippen molar-refractivity contribution >= 4 is 38.3 Å². The first-order valence-electron chi connectivity index (χ1n) is 6.23. The number of aryl methyl sites for hydroxylation is 1. The van der Waals surface area contributed by atoms with Crippen LogP contribution in [0, 0.1) is 0 Å². The molecule has 0 unspecified atom stereocenters. The molecule has 1 N–H and O–H groups in total. The maximum Gasteiger partial charge on any atom is 0.291 e. The summed E-state index contributed by atoms with van der Waals surface area (Å²) in [6, 6.07) is 5.53. The van der Waals surface area contributed by atoms with E-state index in [2.05, 4.69) is 31.4 Å². The predicted molar refractivity (Wildman–Crippen MR) is 82.5 cm³/mol. The van der Waals surface area contributed by atoms with Gasteiger partial charge in [0.15, 0.2) is 5.01 Å². The summed E-state index contributed by atoms with van der Waals surface area (Å²) in [4.78, 5) is 11.8. The van der Waals surface area contributed by atoms with E-state index < -0.39 is 11.4 Å². The SMILES string of the molecule is COc1ccc(CCC(=O)Nc2nnc(C(F)F)s2)cc1Br. The van der Waals surface area contributed by atoms with Gasteiger partial charge < -0.3 is 10.1 Å². The van der Waals surface area contributed by atoms with Crippen LogP contribution in [0.3, 0.4) is 0 Å². The van der Waals surface area contributed by atoms with Gasteiger partial charge in [-0.2, -0.15) is 0 Å². The zero-order chi connectivity index (χ0) is 16.1. The van der Waals surface area contributed by atoms with Crippen LogP contribution < -0.4 is 10.1 Å². The number of halogens is 3. The molecule has 1 aromatic heterocycles. The molecule has 1 aromatic carbocycles. The standard InChI is InChI=1S/C13H12BrF2N3O2S/c1-21-9-4-2-7(6-8(9)14)3-5-10(20)17-13-19-18-12(22-13)11(15)16/h2,4,6,11H,3,5H2,1H3,(H,17,19,20). The lowest BCUT2D eigenvalue weighted by atomic mass is 10.1. The van der Waals surface area contributed by atoms with E-state index in [1.54, 1.807) is 13.2 Å². The summed E-state index contributed by atoms with van der Waals surface area (Å²) in [6.07, 6.45) is -1.96. The van der Waals surface area contributed by atoms with Gasteiger partial charge in [-0.05, 0) is 40.0 Å². The Morgan fingerprint density at radius 3 is 2.82 bits per heavy atom. The molecule has 0 radical (unpaired) electrons. The van der Waals surface area contributed by atoms with Gasteiger partial charge in [-0.25, -0.2) is 8.78 Å². The summed E-state index contributed by atoms with van der Waals surface area (Å²) >= 11 is 4.04. The summed E-state index contributed by atoms with van der Waals surface area (Å²) < 4.78 is 30.7. The Kier molecular flexibility index (Phi) is 5.78. The Balaban J connectivity index is 1.88. The smallest absolute Gasteiger partial charge is 0.291 e. The minimum absolute atomic E-state index is 0.0798. The molecule has 2 rings (SSSR count). The number of carbonyl (C=O) groups is 1. The lowest BCUT2D eigenvalue weighted by Gasteiger charge is -2.06. The number of anilines is 1. The lowest BCUT2D eigenvalue weighted by molar-refractivity contribution is -0.116. The number of hydrogen-bond acceptors (Lipinski definition) is 5. The average Bonchev–Trinajstić information content (AvgIpc) is 2.94. The number of aromatic nitrogens is 2. The van der Waals surface area contributed by atoms with Crippen LogP contribution in [0.5, 0.6) is 5.75 Å². The van der Waals surface area contributed by atoms with Crippen molar-refractivity contribution in [2.45, 2.75) is 19.3 Å². The van der Waals surface area contributed by atoms with E-state index in [1.807, 2.05) is 12.1 Å². The van der Waals surface area contributed by atoms with Crippen LogP contribution in [-0.4, -0.2) is 23.2 Å². The number of nitrogens with one attached hydrogen (secondary N) is 1. The van der Waals surface area contributed by atoms with Crippen molar-refractivity contribution in [3.8, 4) is 5.75 Å². The zero-order valence-corrected chi connectivity index (χ0v) is 13.9. The van der Waals surface area contributed by atoms with Crippen LogP contribution >= 0.6 is 27.3 Å². The van der Waals surface area contributed by atoms with Crippen LogP contribution in [0.1, 0.15) is 23.4 Å². The normalized spacial score (nSPS) is 10.8. The third-order valence-electron chi connectivity index (χ3n) is 2.73. The predicted octanol–water partition coefficient (Wildman–Crippen LogP) is 3.82. The number of nitrogens with zero attached hydrogens (tertiary/aromatic N) is 2. The molecule has 9 heteroatoms. The maximum atomic E-state index is 12.4. The van der Waals surface area contributed by atoms with Crippen LogP contribution in [0.25, 0.3) is 0 Å². The average molecular weight is 392 g/mol. The largest absolute Gasteiger partial charge is 0.496 e. The van der Waals surface area contributed by atoms with Gasteiger partial charge in [0.05, 0.1) is 11.6 Å². The molecule has 118 valence electrons. The van der Waals surface area contributed by atoms with Gasteiger partial charge in [0.2, 0.25) is 11.0 Å². The molecule has 0 saturated heterocycles. The van der Waals surface area contributed by atoms with Crippen LogP contribution in [0.4, 0.5) is 13.9 Å². The van der Waals surface area contributed by atoms with E-state index >= 15 is 0 Å². The molecular weight excluding hydrogens is 380 g/mol. The minimum Gasteiger partial charge on any atom is -0.496 e. The fourth-order valence-electron chi connectivity index (χ4n) is 1.68. The molecule has 0 saturated carbocycles. The summed E-state index contributed by atoms with van der Waals surface area (Å²) in [6.45, 7) is 0. The van der Waals surface area contributed by atoms with Crippen LogP contribution in [0.15, 0.2) is 22.7 Å². The van der Waals surface area contributed by atoms with Crippen molar-refractivity contribution in [1.29, 1.82) is 0 Å². The second-order valence-electron chi connectivity index (χ2n) is 4.26. The van der Waals surface area contributed by atoms with E-state index in [-0.39, 0.29) is 17.5 Å². The Bertz CT molecular complexity index is 666. The van der Waals surface area contributed by atoms with Crippen molar-refractivity contribution in [2.24, 2.45) is 0 Å². The van der Waals surface area contributed by atoms with Crippen LogP contribution in [0.2, 0.25) is 0 Å². The van der Waals surface area contributed by atoms with Crippen molar-refractivity contribution < 1.29 is 18.3 Å². The topological polar surface area (TPSA) is 64.1 Å². The van der Waals surface area contributed by atoms with Crippen molar-refractivity contribution in [1.82, 2.24) is 10.2 Å². The van der Waals surface area contributed by atoms with E-state index in [0.717, 1.165) is 10.0 Å². The maximum absolute atomic E-state index is 12.4. The molecule has 22 heavy (non-hydrogen) atoms. The quantitative estimate of drug-likeness (QED) is 0.812. The van der Waals surface area contributed by atoms with E-state index in [0.29, 0.717) is 23.5 Å². The second-order valence-corrected chi connectivity index (χ2v) is 6.13. The fourth-order valence-corrected chi connectivity index (χ4v) is 2.88. The Morgan fingerprint density at radius 2 is 2.23 bits per heavy atom. The molecule has 0 fully saturated rings. The summed E-state index contributed by atoms with van der Waals surface area (Å²) in [5.74, 6) is 0.408. The first kappa shape index (κ1) is 16.8. The number of methoxy groups -OCH3 is 1. The molecule has 0 aliphatic carbocycles. The summed E-state index contributed by atoms with van der Waals surface area (Å²) in [7, 11) is 1.57. The minimum atomic E-state index is -2.68. The van der Waals surface area contributed by atoms with E-state index in [4.69, 9.17) is 4.74 Å². The number of alkyl halides is 2. The van der Waals surface area contributed by atoms with Gasteiger partial charge in [0, 0.05) is 6.42 Å². The number of carbonyl (C=O) groups excluding carboxylic acids is 1. The van der Waals surface area contributed by atoms with Gasteiger partial charge in [-0.15, -0.1) is 10.2 Å². The molecular formula is C13H12BrF2N3O2S. The molecule has 5 nitrogen and oxygen atoms in total. The summed E-state index contributed by atoms with van der Waals surface area (Å²) in [5.41, 5.74) is 0.952. The molecule has 0 bridgehead atoms. The molecule has 1 amide bonds. The van der Waals surface area contributed by atoms with Gasteiger partial charge >= 0.3 is 0 Å². The highest BCUT2D eigenvalue weighted by molar-refractivity contribution is 9.10. The third kappa shape index (κ3) is 4.44. The second kappa shape index (κ2) is 7.59. The summed E-state index contributed by atoms with van der Waals surface area (Å²) in [5, 5.41) is 8.94. The molecule has 0 aliphatic heterocycles. The van der Waals surface area contributed by atoms with Crippen molar-refractivity contribution in [2.75, 3.05) is 12.4 Å². The Labute approximate surface area is 137 Å². The van der Waals surface area contributed by atoms with E-state index in [1.165, 1.54) is 0 Å². The molecule has 1 heterocycles. The molecule has 0 spiro atoms. The van der Waals surface area contributed by atoms with Crippen LogP contribution in [-0.2, 0) is 11.2 Å². The highest BCUT2D eigenvalue weighted by Crippen LogP contribution is 2.27. The first-order chi connectivity index (χ1) is 10.5. The third-order valence-corrected chi connectivity index (χ3v) is 4.20. The fraction of sp³-hybridized carbons (Fsp3) is 0.308. The molecule has 0 aliphatic rings. The number of rotatable bonds is 6. The number of ether oxygens (including phenoxy) is 1. The van der Waals surface area contributed by atoms with Gasteiger partial charge in [0.1, 0.15) is 5.75 Å². The van der Waals surface area contributed by atoms with E-state index in [9.17, 15) is 13.6 Å². The van der Waals surface area contributed by atoms with Gasteiger partial charge in [-0.1, -0.05) is 17.4 Å². The van der Waals surface area contributed by atoms with Crippen molar-refractivity contribution in [3.63, 3.8) is 0 Å². The Morgan fingerprint density at radius 1 is 1.45 bits per heavy atom. The van der Waals surface area contributed by atoms with Crippen molar-refractivity contribution in [3.05, 3.63) is 33.2 Å². The monoisotopic (exact) mass is 391 g/mol. The lowest BCUT2D eigenvalue weighted by Crippen LogP contribution is -2.12.